The molecule has 0 saturated carbocycles. The molecule has 244 valence electrons. The van der Waals surface area contributed by atoms with E-state index in [2.05, 4.69) is 0 Å². The van der Waals surface area contributed by atoms with Crippen molar-refractivity contribution in [3.05, 3.63) is 58.7 Å². The van der Waals surface area contributed by atoms with Crippen LogP contribution in [-0.4, -0.2) is 56.2 Å². The van der Waals surface area contributed by atoms with Crippen LogP contribution in [0, 0.1) is 5.41 Å². The molecule has 0 bridgehead atoms. The standard InChI is InChI=1S/C33H56O8P2/c1-29(2,3)23-15-13-16-24(30(4,5)6)27(23)42(36,37)40-21-33(19-34,20-35)22-41-43(38,39)28-25(31(7,8)9)17-14-18-26(28)32(10,11)12/h13-18,34-39H,19-22H2,1-12H3/q+2. The second-order valence-corrected chi connectivity index (χ2v) is 19.4. The van der Waals surface area contributed by atoms with Gasteiger partial charge in [-0.25, -0.2) is 0 Å². The summed E-state index contributed by atoms with van der Waals surface area (Å²) in [7, 11) is -8.52. The minimum Gasteiger partial charge on any atom is -0.396 e. The fourth-order valence-electron chi connectivity index (χ4n) is 4.99. The van der Waals surface area contributed by atoms with E-state index in [0.717, 1.165) is 22.3 Å². The summed E-state index contributed by atoms with van der Waals surface area (Å²) < 4.78 is 11.7. The number of benzene rings is 2. The van der Waals surface area contributed by atoms with E-state index in [-0.39, 0.29) is 0 Å². The Morgan fingerprint density at radius 3 is 0.907 bits per heavy atom. The number of aliphatic hydroxyl groups is 2. The van der Waals surface area contributed by atoms with E-state index in [9.17, 15) is 29.8 Å². The van der Waals surface area contributed by atoms with Gasteiger partial charge in [0.25, 0.3) is 0 Å². The molecule has 0 aliphatic carbocycles. The molecular formula is C33H56O8P2+2. The van der Waals surface area contributed by atoms with Crippen molar-refractivity contribution in [3.8, 4) is 0 Å². The lowest BCUT2D eigenvalue weighted by Crippen LogP contribution is -2.42. The van der Waals surface area contributed by atoms with Crippen LogP contribution in [0.3, 0.4) is 0 Å². The van der Waals surface area contributed by atoms with Crippen molar-refractivity contribution in [2.45, 2.75) is 105 Å². The van der Waals surface area contributed by atoms with Gasteiger partial charge in [0.1, 0.15) is 13.2 Å². The van der Waals surface area contributed by atoms with E-state index in [1.54, 1.807) is 0 Å². The maximum Gasteiger partial charge on any atom is 0.444 e. The highest BCUT2D eigenvalue weighted by molar-refractivity contribution is 7.68. The molecule has 0 aromatic heterocycles. The van der Waals surface area contributed by atoms with Crippen LogP contribution in [0.2, 0.25) is 0 Å². The van der Waals surface area contributed by atoms with Crippen molar-refractivity contribution in [3.63, 3.8) is 0 Å². The molecule has 0 atom stereocenters. The van der Waals surface area contributed by atoms with Crippen LogP contribution in [0.15, 0.2) is 36.4 Å². The third kappa shape index (κ3) is 9.04. The number of aliphatic hydroxyl groups excluding tert-OH is 2. The molecule has 0 unspecified atom stereocenters. The van der Waals surface area contributed by atoms with Gasteiger partial charge in [-0.1, -0.05) is 119 Å². The minimum absolute atomic E-state index is 0.306. The summed E-state index contributed by atoms with van der Waals surface area (Å²) in [5.74, 6) is 0. The van der Waals surface area contributed by atoms with Crippen LogP contribution >= 0.6 is 15.9 Å². The van der Waals surface area contributed by atoms with Crippen molar-refractivity contribution in [1.82, 2.24) is 0 Å². The fourth-order valence-corrected chi connectivity index (χ4v) is 9.05. The van der Waals surface area contributed by atoms with E-state index in [1.807, 2.05) is 119 Å². The van der Waals surface area contributed by atoms with Gasteiger partial charge in [-0.15, -0.1) is 0 Å². The van der Waals surface area contributed by atoms with Crippen LogP contribution < -0.4 is 10.6 Å². The summed E-state index contributed by atoms with van der Waals surface area (Å²) in [4.78, 5) is 46.1. The maximum absolute atomic E-state index is 11.5. The van der Waals surface area contributed by atoms with Crippen LogP contribution in [0.25, 0.3) is 0 Å². The fraction of sp³-hybridized carbons (Fsp3) is 0.636. The predicted octanol–water partition coefficient (Wildman–Crippen LogP) is 5.33. The topological polar surface area (TPSA) is 140 Å². The Hall–Kier alpha value is -1.02. The van der Waals surface area contributed by atoms with E-state index >= 15 is 0 Å². The molecule has 43 heavy (non-hydrogen) atoms. The molecular weight excluding hydrogens is 586 g/mol. The highest BCUT2D eigenvalue weighted by Gasteiger charge is 2.53. The van der Waals surface area contributed by atoms with Gasteiger partial charge < -0.3 is 10.2 Å². The minimum atomic E-state index is -4.26. The van der Waals surface area contributed by atoms with Crippen molar-refractivity contribution in [1.29, 1.82) is 0 Å². The lowest BCUT2D eigenvalue weighted by molar-refractivity contribution is -0.0260. The third-order valence-corrected chi connectivity index (χ3v) is 10.8. The summed E-state index contributed by atoms with van der Waals surface area (Å²) in [5, 5.41) is 21.5. The van der Waals surface area contributed by atoms with Gasteiger partial charge in [-0.2, -0.15) is 28.6 Å². The normalized spacial score (nSPS) is 14.4. The first-order valence-corrected chi connectivity index (χ1v) is 17.9. The van der Waals surface area contributed by atoms with Gasteiger partial charge in [-0.3, -0.25) is 0 Å². The highest BCUT2D eigenvalue weighted by atomic mass is 31.2. The number of hydrogen-bond donors (Lipinski definition) is 6. The van der Waals surface area contributed by atoms with Crippen molar-refractivity contribution < 1.29 is 38.8 Å². The van der Waals surface area contributed by atoms with Gasteiger partial charge in [0.2, 0.25) is 0 Å². The average molecular weight is 643 g/mol. The number of rotatable bonds is 10. The first-order valence-electron chi connectivity index (χ1n) is 14.7. The summed E-state index contributed by atoms with van der Waals surface area (Å²) in [6.45, 7) is 21.4. The summed E-state index contributed by atoms with van der Waals surface area (Å²) in [6, 6.07) is 11.2. The molecule has 0 amide bonds. The monoisotopic (exact) mass is 642 g/mol. The molecule has 8 nitrogen and oxygen atoms in total. The lowest BCUT2D eigenvalue weighted by Gasteiger charge is -2.33. The molecule has 0 fully saturated rings. The Morgan fingerprint density at radius 1 is 0.488 bits per heavy atom. The molecule has 2 aromatic rings. The van der Waals surface area contributed by atoms with Gasteiger partial charge in [0.15, 0.2) is 10.6 Å². The first kappa shape index (κ1) is 38.2. The highest BCUT2D eigenvalue weighted by Crippen LogP contribution is 2.57. The summed E-state index contributed by atoms with van der Waals surface area (Å²) >= 11 is 0. The molecule has 0 radical (unpaired) electrons. The van der Waals surface area contributed by atoms with E-state index in [0.29, 0.717) is 10.6 Å². The summed E-state index contributed by atoms with van der Waals surface area (Å²) in [6.07, 6.45) is 0. The molecule has 6 N–H and O–H groups in total. The number of hydrogen-bond acceptors (Lipinski definition) is 8. The molecule has 2 rings (SSSR count). The first-order chi connectivity index (χ1) is 19.2. The van der Waals surface area contributed by atoms with E-state index < -0.39 is 69.4 Å². The van der Waals surface area contributed by atoms with Gasteiger partial charge in [0, 0.05) is 22.3 Å². The predicted molar refractivity (Wildman–Crippen MR) is 178 cm³/mol. The molecule has 0 spiro atoms. The zero-order valence-electron chi connectivity index (χ0n) is 28.2. The van der Waals surface area contributed by atoms with Gasteiger partial charge in [-0.05, 0) is 21.7 Å². The summed E-state index contributed by atoms with van der Waals surface area (Å²) in [5.41, 5.74) is -0.433. The quantitative estimate of drug-likeness (QED) is 0.191. The van der Waals surface area contributed by atoms with E-state index in [4.69, 9.17) is 9.05 Å². The largest absolute Gasteiger partial charge is 0.444 e. The van der Waals surface area contributed by atoms with Crippen molar-refractivity contribution in [2.24, 2.45) is 5.41 Å². The third-order valence-electron chi connectivity index (χ3n) is 7.66. The maximum atomic E-state index is 11.5. The van der Waals surface area contributed by atoms with Crippen molar-refractivity contribution >= 4 is 26.5 Å². The second-order valence-electron chi connectivity index (χ2n) is 15.9. The van der Waals surface area contributed by atoms with Crippen molar-refractivity contribution in [2.75, 3.05) is 26.4 Å². The Balaban J connectivity index is 2.52. The Labute approximate surface area is 260 Å². The average Bonchev–Trinajstić information content (AvgIpc) is 2.86. The molecule has 10 heteroatoms. The Bertz CT molecular complexity index is 1080. The lowest BCUT2D eigenvalue weighted by atomic mass is 9.80. The van der Waals surface area contributed by atoms with Crippen LogP contribution in [-0.2, 0) is 30.7 Å². The molecule has 0 heterocycles. The van der Waals surface area contributed by atoms with Crippen LogP contribution in [0.5, 0.6) is 0 Å². The molecule has 0 aliphatic heterocycles. The smallest absolute Gasteiger partial charge is 0.396 e. The SMILES string of the molecule is CC(C)(C)c1cccc(C(C)(C)C)c1[P+](O)(O)OCC(CO)(CO)CO[P+](O)(O)c1c(C(C)(C)C)cccc1C(C)(C)C. The van der Waals surface area contributed by atoms with Gasteiger partial charge in [0.05, 0.1) is 18.6 Å². The molecule has 0 saturated heterocycles. The van der Waals surface area contributed by atoms with E-state index in [1.165, 1.54) is 0 Å². The Kier molecular flexibility index (Phi) is 11.5. The Morgan fingerprint density at radius 2 is 0.721 bits per heavy atom. The second kappa shape index (κ2) is 13.0. The zero-order valence-corrected chi connectivity index (χ0v) is 30.0. The molecule has 0 aliphatic rings. The molecule has 2 aromatic carbocycles. The van der Waals surface area contributed by atoms with Crippen LogP contribution in [0.4, 0.5) is 0 Å². The van der Waals surface area contributed by atoms with Crippen LogP contribution in [0.1, 0.15) is 105 Å². The van der Waals surface area contributed by atoms with Gasteiger partial charge >= 0.3 is 15.9 Å². The zero-order chi connectivity index (χ0) is 33.4.